The molecule has 1 aromatic carbocycles. The van der Waals surface area contributed by atoms with Crippen LogP contribution in [0.3, 0.4) is 0 Å². The van der Waals surface area contributed by atoms with Crippen LogP contribution in [-0.2, 0) is 27.0 Å². The van der Waals surface area contributed by atoms with Crippen LogP contribution in [0.25, 0.3) is 0 Å². The molecule has 1 saturated heterocycles. The van der Waals surface area contributed by atoms with E-state index < -0.39 is 24.1 Å². The van der Waals surface area contributed by atoms with Gasteiger partial charge in [-0.15, -0.1) is 10.2 Å². The topological polar surface area (TPSA) is 69.5 Å². The van der Waals surface area contributed by atoms with Gasteiger partial charge in [0.05, 0.1) is 6.61 Å². The van der Waals surface area contributed by atoms with E-state index in [2.05, 4.69) is 10.2 Å². The van der Waals surface area contributed by atoms with Gasteiger partial charge in [-0.3, -0.25) is 4.79 Å². The minimum absolute atomic E-state index is 0.0610. The predicted molar refractivity (Wildman–Crippen MR) is 102 cm³/mol. The zero-order chi connectivity index (χ0) is 21.6. The third kappa shape index (κ3) is 3.55. The summed E-state index contributed by atoms with van der Waals surface area (Å²) in [6, 6.07) is 8.03. The number of rotatable bonds is 2. The molecule has 1 fully saturated rings. The molecule has 31 heavy (non-hydrogen) atoms. The molecule has 2 aliphatic heterocycles. The molecule has 0 radical (unpaired) electrons. The number of hydrogen-bond donors (Lipinski definition) is 0. The number of amides is 1. The van der Waals surface area contributed by atoms with Gasteiger partial charge in [-0.05, 0) is 5.56 Å². The van der Waals surface area contributed by atoms with Gasteiger partial charge in [0.2, 0.25) is 5.82 Å². The van der Waals surface area contributed by atoms with E-state index in [1.807, 2.05) is 24.3 Å². The second-order valence-electron chi connectivity index (χ2n) is 7.53. The van der Waals surface area contributed by atoms with E-state index in [1.54, 1.807) is 30.3 Å². The van der Waals surface area contributed by atoms with E-state index in [1.165, 1.54) is 4.90 Å². The van der Waals surface area contributed by atoms with E-state index in [0.717, 1.165) is 4.57 Å². The lowest BCUT2D eigenvalue weighted by Gasteiger charge is -2.40. The number of carbonyl (C=O) groups excluding carboxylic acids is 1. The summed E-state index contributed by atoms with van der Waals surface area (Å²) in [6.45, 7) is 0.0708. The Hall–Kier alpha value is -2.98. The summed E-state index contributed by atoms with van der Waals surface area (Å²) in [5.41, 5.74) is 0.646. The van der Waals surface area contributed by atoms with E-state index in [9.17, 15) is 18.0 Å². The maximum atomic E-state index is 13.4. The fourth-order valence-corrected chi connectivity index (χ4v) is 4.21. The standard InChI is InChI=1S/C21H19F3N4O3/c22-21(23,24)20-26-25-18-17(13-6-2-1-3-7-13)27(10-11-28(18)20)19(29)16-12-30-14-8-4-5-9-15(14)31-16/h1-9,14-17H,10-12H2. The molecule has 1 aliphatic carbocycles. The van der Waals surface area contributed by atoms with Gasteiger partial charge >= 0.3 is 6.18 Å². The molecule has 0 N–H and O–H groups in total. The second-order valence-corrected chi connectivity index (χ2v) is 7.53. The molecule has 3 heterocycles. The maximum absolute atomic E-state index is 13.4. The third-order valence-electron chi connectivity index (χ3n) is 5.63. The molecule has 1 amide bonds. The number of fused-ring (bicyclic) bond motifs is 2. The van der Waals surface area contributed by atoms with Crippen molar-refractivity contribution in [2.24, 2.45) is 0 Å². The number of hydrogen-bond acceptors (Lipinski definition) is 5. The molecule has 162 valence electrons. The highest BCUT2D eigenvalue weighted by atomic mass is 19.4. The van der Waals surface area contributed by atoms with E-state index >= 15 is 0 Å². The van der Waals surface area contributed by atoms with Crippen molar-refractivity contribution in [1.29, 1.82) is 0 Å². The maximum Gasteiger partial charge on any atom is 0.451 e. The van der Waals surface area contributed by atoms with Gasteiger partial charge in [0.15, 0.2) is 11.9 Å². The summed E-state index contributed by atoms with van der Waals surface area (Å²) in [6.07, 6.45) is 1.24. The first-order chi connectivity index (χ1) is 14.9. The third-order valence-corrected chi connectivity index (χ3v) is 5.63. The molecule has 4 unspecified atom stereocenters. The molecule has 2 aromatic rings. The summed E-state index contributed by atoms with van der Waals surface area (Å²) in [7, 11) is 0. The number of allylic oxidation sites excluding steroid dienone is 2. The van der Waals surface area contributed by atoms with Gasteiger partial charge in [0, 0.05) is 13.1 Å². The number of aromatic nitrogens is 3. The lowest BCUT2D eigenvalue weighted by atomic mass is 10.0. The minimum Gasteiger partial charge on any atom is -0.368 e. The summed E-state index contributed by atoms with van der Waals surface area (Å²) in [5.74, 6) is -1.33. The number of halogens is 3. The summed E-state index contributed by atoms with van der Waals surface area (Å²) in [5, 5.41) is 7.21. The van der Waals surface area contributed by atoms with Crippen LogP contribution in [0.4, 0.5) is 13.2 Å². The zero-order valence-electron chi connectivity index (χ0n) is 16.3. The van der Waals surface area contributed by atoms with Crippen LogP contribution in [0, 0.1) is 0 Å². The molecular weight excluding hydrogens is 413 g/mol. The zero-order valence-corrected chi connectivity index (χ0v) is 16.3. The van der Waals surface area contributed by atoms with Gasteiger partial charge in [-0.2, -0.15) is 13.2 Å². The first kappa shape index (κ1) is 20.0. The van der Waals surface area contributed by atoms with Crippen LogP contribution in [0.5, 0.6) is 0 Å². The first-order valence-corrected chi connectivity index (χ1v) is 9.91. The van der Waals surface area contributed by atoms with Gasteiger partial charge in [-0.1, -0.05) is 54.6 Å². The van der Waals surface area contributed by atoms with E-state index in [0.29, 0.717) is 5.56 Å². The van der Waals surface area contributed by atoms with E-state index in [-0.39, 0.29) is 43.6 Å². The second kappa shape index (κ2) is 7.61. The number of nitrogens with zero attached hydrogens (tertiary/aromatic N) is 4. The van der Waals surface area contributed by atoms with Crippen LogP contribution < -0.4 is 0 Å². The van der Waals surface area contributed by atoms with Crippen molar-refractivity contribution in [2.45, 2.75) is 37.1 Å². The Balaban J connectivity index is 1.48. The van der Waals surface area contributed by atoms with Crippen LogP contribution in [-0.4, -0.2) is 57.0 Å². The highest BCUT2D eigenvalue weighted by molar-refractivity contribution is 5.82. The molecule has 0 bridgehead atoms. The van der Waals surface area contributed by atoms with E-state index in [4.69, 9.17) is 9.47 Å². The molecule has 0 saturated carbocycles. The average Bonchev–Trinajstić information content (AvgIpc) is 3.23. The lowest BCUT2D eigenvalue weighted by molar-refractivity contribution is -0.179. The smallest absolute Gasteiger partial charge is 0.368 e. The Kier molecular flexibility index (Phi) is 4.90. The van der Waals surface area contributed by atoms with Crippen molar-refractivity contribution in [3.05, 3.63) is 71.8 Å². The molecule has 4 atom stereocenters. The van der Waals surface area contributed by atoms with Gasteiger partial charge in [0.1, 0.15) is 18.2 Å². The van der Waals surface area contributed by atoms with Crippen molar-refractivity contribution in [3.63, 3.8) is 0 Å². The van der Waals surface area contributed by atoms with Crippen LogP contribution in [0.15, 0.2) is 54.6 Å². The Morgan fingerprint density at radius 3 is 2.52 bits per heavy atom. The van der Waals surface area contributed by atoms with Crippen molar-refractivity contribution in [1.82, 2.24) is 19.7 Å². The quantitative estimate of drug-likeness (QED) is 0.730. The highest BCUT2D eigenvalue weighted by Crippen LogP contribution is 2.36. The molecule has 1 aromatic heterocycles. The normalized spacial score (nSPS) is 27.6. The number of ether oxygens (including phenoxy) is 2. The molecule has 3 aliphatic rings. The molecular formula is C21H19F3N4O3. The highest BCUT2D eigenvalue weighted by Gasteiger charge is 2.45. The fraction of sp³-hybridized carbons (Fsp3) is 0.381. The SMILES string of the molecule is O=C(C1COC2C=CC=CC2O1)N1CCn2c(nnc2C(F)(F)F)C1c1ccccc1. The van der Waals surface area contributed by atoms with Crippen LogP contribution >= 0.6 is 0 Å². The summed E-state index contributed by atoms with van der Waals surface area (Å²) >= 11 is 0. The van der Waals surface area contributed by atoms with Crippen molar-refractivity contribution >= 4 is 5.91 Å². The fourth-order valence-electron chi connectivity index (χ4n) is 4.21. The van der Waals surface area contributed by atoms with Crippen molar-refractivity contribution in [3.8, 4) is 0 Å². The summed E-state index contributed by atoms with van der Waals surface area (Å²) in [4.78, 5) is 14.9. The first-order valence-electron chi connectivity index (χ1n) is 9.91. The van der Waals surface area contributed by atoms with Gasteiger partial charge < -0.3 is 18.9 Å². The summed E-state index contributed by atoms with van der Waals surface area (Å²) < 4.78 is 53.0. The molecule has 10 heteroatoms. The minimum atomic E-state index is -4.63. The molecule has 0 spiro atoms. The average molecular weight is 432 g/mol. The Bertz CT molecular complexity index is 1030. The predicted octanol–water partition coefficient (Wildman–Crippen LogP) is 2.51. The Morgan fingerprint density at radius 1 is 1.03 bits per heavy atom. The largest absolute Gasteiger partial charge is 0.451 e. The molecule has 7 nitrogen and oxygen atoms in total. The number of carbonyl (C=O) groups is 1. The lowest BCUT2D eigenvalue weighted by Crippen LogP contribution is -2.53. The molecule has 5 rings (SSSR count). The van der Waals surface area contributed by atoms with Crippen LogP contribution in [0.1, 0.15) is 23.3 Å². The monoisotopic (exact) mass is 432 g/mol. The number of benzene rings is 1. The van der Waals surface area contributed by atoms with Gasteiger partial charge in [-0.25, -0.2) is 0 Å². The Morgan fingerprint density at radius 2 is 1.77 bits per heavy atom. The van der Waals surface area contributed by atoms with Gasteiger partial charge in [0.25, 0.3) is 5.91 Å². The number of alkyl halides is 3. The Labute approximate surface area is 175 Å². The van der Waals surface area contributed by atoms with Crippen molar-refractivity contribution < 1.29 is 27.4 Å². The van der Waals surface area contributed by atoms with Crippen LogP contribution in [0.2, 0.25) is 0 Å². The van der Waals surface area contributed by atoms with Crippen molar-refractivity contribution in [2.75, 3.05) is 13.2 Å².